The van der Waals surface area contributed by atoms with Crippen molar-refractivity contribution in [3.05, 3.63) is 29.6 Å². The number of rotatable bonds is 3. The van der Waals surface area contributed by atoms with Gasteiger partial charge in [0.15, 0.2) is 17.5 Å². The van der Waals surface area contributed by atoms with E-state index in [1.807, 2.05) is 6.92 Å². The number of sulfonamides is 1. The zero-order valence-corrected chi connectivity index (χ0v) is 12.3. The van der Waals surface area contributed by atoms with Gasteiger partial charge in [0.1, 0.15) is 0 Å². The molecule has 0 amide bonds. The van der Waals surface area contributed by atoms with E-state index in [0.717, 1.165) is 10.7 Å². The minimum Gasteiger partial charge on any atom is -0.329 e. The van der Waals surface area contributed by atoms with Gasteiger partial charge in [0.05, 0.1) is 4.90 Å². The van der Waals surface area contributed by atoms with Gasteiger partial charge in [-0.25, -0.2) is 21.6 Å². The Kier molecular flexibility index (Phi) is 4.60. The molecule has 1 fully saturated rings. The fraction of sp³-hybridized carbons (Fsp3) is 0.538. The molecule has 0 aliphatic carbocycles. The number of halogens is 3. The Labute approximate surface area is 121 Å². The third kappa shape index (κ3) is 2.93. The number of hydrogen-bond acceptors (Lipinski definition) is 3. The molecular formula is C13H17F3N2O2S. The second-order valence-corrected chi connectivity index (χ2v) is 7.13. The van der Waals surface area contributed by atoms with E-state index in [0.29, 0.717) is 18.6 Å². The van der Waals surface area contributed by atoms with Crippen LogP contribution in [0.3, 0.4) is 0 Å². The largest absolute Gasteiger partial charge is 0.329 e. The molecule has 4 nitrogen and oxygen atoms in total. The van der Waals surface area contributed by atoms with Crippen LogP contribution in [0.4, 0.5) is 13.2 Å². The highest BCUT2D eigenvalue weighted by Gasteiger charge is 2.37. The lowest BCUT2D eigenvalue weighted by Gasteiger charge is -2.38. The van der Waals surface area contributed by atoms with Gasteiger partial charge in [-0.1, -0.05) is 6.92 Å². The minimum atomic E-state index is -4.11. The Morgan fingerprint density at radius 3 is 2.38 bits per heavy atom. The molecule has 0 spiro atoms. The van der Waals surface area contributed by atoms with Crippen molar-refractivity contribution in [2.45, 2.75) is 30.7 Å². The molecule has 1 aromatic carbocycles. The van der Waals surface area contributed by atoms with Gasteiger partial charge in [-0.05, 0) is 30.9 Å². The Hall–Kier alpha value is -1.12. The predicted molar refractivity (Wildman–Crippen MR) is 71.4 cm³/mol. The van der Waals surface area contributed by atoms with E-state index >= 15 is 0 Å². The first-order valence-electron chi connectivity index (χ1n) is 6.65. The number of piperidine rings is 1. The van der Waals surface area contributed by atoms with Crippen LogP contribution in [0.1, 0.15) is 19.8 Å². The van der Waals surface area contributed by atoms with Crippen molar-refractivity contribution in [1.29, 1.82) is 0 Å². The third-order valence-electron chi connectivity index (χ3n) is 3.87. The van der Waals surface area contributed by atoms with Crippen LogP contribution < -0.4 is 5.73 Å². The third-order valence-corrected chi connectivity index (χ3v) is 5.77. The van der Waals surface area contributed by atoms with Crippen LogP contribution in [0.5, 0.6) is 0 Å². The van der Waals surface area contributed by atoms with Crippen molar-refractivity contribution < 1.29 is 21.6 Å². The summed E-state index contributed by atoms with van der Waals surface area (Å²) < 4.78 is 65.7. The summed E-state index contributed by atoms with van der Waals surface area (Å²) in [7, 11) is -4.11. The molecule has 1 aliphatic rings. The van der Waals surface area contributed by atoms with Crippen molar-refractivity contribution in [2.75, 3.05) is 13.1 Å². The van der Waals surface area contributed by atoms with E-state index in [1.165, 1.54) is 0 Å². The maximum absolute atomic E-state index is 13.3. The number of nitrogens with two attached hydrogens (primary N) is 1. The predicted octanol–water partition coefficient (Wildman–Crippen LogP) is 1.85. The van der Waals surface area contributed by atoms with Crippen LogP contribution in [0.15, 0.2) is 17.0 Å². The number of nitrogens with zero attached hydrogens (tertiary/aromatic N) is 1. The summed E-state index contributed by atoms with van der Waals surface area (Å²) in [6, 6.07) is 0.571. The summed E-state index contributed by atoms with van der Waals surface area (Å²) in [5.74, 6) is -4.68. The molecule has 2 rings (SSSR count). The topological polar surface area (TPSA) is 63.4 Å². The van der Waals surface area contributed by atoms with Crippen molar-refractivity contribution in [1.82, 2.24) is 4.31 Å². The van der Waals surface area contributed by atoms with Gasteiger partial charge >= 0.3 is 0 Å². The highest BCUT2D eigenvalue weighted by Crippen LogP contribution is 2.29. The molecule has 2 N–H and O–H groups in total. The van der Waals surface area contributed by atoms with E-state index in [1.54, 1.807) is 0 Å². The molecular weight excluding hydrogens is 305 g/mol. The summed E-state index contributed by atoms with van der Waals surface area (Å²) in [4.78, 5) is -0.591. The highest BCUT2D eigenvalue weighted by molar-refractivity contribution is 7.89. The minimum absolute atomic E-state index is 0.0497. The zero-order chi connectivity index (χ0) is 15.8. The smallest absolute Gasteiger partial charge is 0.243 e. The van der Waals surface area contributed by atoms with Crippen LogP contribution in [0.25, 0.3) is 0 Å². The lowest BCUT2D eigenvalue weighted by Crippen LogP contribution is -2.51. The van der Waals surface area contributed by atoms with Gasteiger partial charge in [-0.2, -0.15) is 4.31 Å². The maximum atomic E-state index is 13.3. The summed E-state index contributed by atoms with van der Waals surface area (Å²) >= 11 is 0. The Bertz CT molecular complexity index is 613. The SMILES string of the molecule is CC1CCCN(S(=O)(=O)c2cc(F)c(F)c(F)c2)C1CN. The molecule has 21 heavy (non-hydrogen) atoms. The summed E-state index contributed by atoms with van der Waals surface area (Å²) in [5.41, 5.74) is 5.63. The van der Waals surface area contributed by atoms with E-state index in [4.69, 9.17) is 5.73 Å². The van der Waals surface area contributed by atoms with Gasteiger partial charge in [0.25, 0.3) is 0 Å². The molecule has 8 heteroatoms. The highest BCUT2D eigenvalue weighted by atomic mass is 32.2. The van der Waals surface area contributed by atoms with Gasteiger partial charge in [0.2, 0.25) is 10.0 Å². The molecule has 2 unspecified atom stereocenters. The first-order valence-corrected chi connectivity index (χ1v) is 8.09. The molecule has 1 heterocycles. The summed E-state index contributed by atoms with van der Waals surface area (Å²) in [6.07, 6.45) is 1.48. The average Bonchev–Trinajstić information content (AvgIpc) is 2.43. The Balaban J connectivity index is 2.46. The average molecular weight is 322 g/mol. The standard InChI is InChI=1S/C13H17F3N2O2S/c1-8-3-2-4-18(12(8)7-17)21(19,20)9-5-10(14)13(16)11(15)6-9/h5-6,8,12H,2-4,7,17H2,1H3. The Morgan fingerprint density at radius 1 is 1.29 bits per heavy atom. The summed E-state index contributed by atoms with van der Waals surface area (Å²) in [6.45, 7) is 2.23. The van der Waals surface area contributed by atoms with Crippen molar-refractivity contribution in [3.8, 4) is 0 Å². The lowest BCUT2D eigenvalue weighted by molar-refractivity contribution is 0.192. The molecule has 0 bridgehead atoms. The normalized spacial score (nSPS) is 24.2. The van der Waals surface area contributed by atoms with Gasteiger partial charge in [-0.15, -0.1) is 0 Å². The van der Waals surface area contributed by atoms with Crippen molar-refractivity contribution in [2.24, 2.45) is 11.7 Å². The molecule has 2 atom stereocenters. The number of benzene rings is 1. The van der Waals surface area contributed by atoms with Crippen molar-refractivity contribution >= 4 is 10.0 Å². The molecule has 0 saturated carbocycles. The van der Waals surface area contributed by atoms with Crippen LogP contribution in [-0.4, -0.2) is 31.9 Å². The maximum Gasteiger partial charge on any atom is 0.243 e. The molecule has 118 valence electrons. The molecule has 1 aliphatic heterocycles. The van der Waals surface area contributed by atoms with E-state index in [-0.39, 0.29) is 19.0 Å². The number of hydrogen-bond donors (Lipinski definition) is 1. The van der Waals surface area contributed by atoms with Gasteiger partial charge in [-0.3, -0.25) is 0 Å². The van der Waals surface area contributed by atoms with Crippen LogP contribution in [0, 0.1) is 23.4 Å². The second-order valence-electron chi connectivity index (χ2n) is 5.24. The zero-order valence-electron chi connectivity index (χ0n) is 11.5. The summed E-state index contributed by atoms with van der Waals surface area (Å²) in [5, 5.41) is 0. The quantitative estimate of drug-likeness (QED) is 0.864. The van der Waals surface area contributed by atoms with Crippen LogP contribution in [0.2, 0.25) is 0 Å². The Morgan fingerprint density at radius 2 is 1.86 bits per heavy atom. The van der Waals surface area contributed by atoms with Crippen LogP contribution >= 0.6 is 0 Å². The van der Waals surface area contributed by atoms with E-state index in [9.17, 15) is 21.6 Å². The van der Waals surface area contributed by atoms with Crippen LogP contribution in [-0.2, 0) is 10.0 Å². The molecule has 0 aromatic heterocycles. The first kappa shape index (κ1) is 16.3. The van der Waals surface area contributed by atoms with E-state index in [2.05, 4.69) is 0 Å². The molecule has 0 radical (unpaired) electrons. The van der Waals surface area contributed by atoms with Gasteiger partial charge in [0, 0.05) is 19.1 Å². The molecule has 1 aromatic rings. The van der Waals surface area contributed by atoms with Crippen molar-refractivity contribution in [3.63, 3.8) is 0 Å². The second kappa shape index (κ2) is 5.94. The van der Waals surface area contributed by atoms with Gasteiger partial charge < -0.3 is 5.73 Å². The lowest BCUT2D eigenvalue weighted by atomic mass is 9.93. The molecule has 1 saturated heterocycles. The van der Waals surface area contributed by atoms with E-state index < -0.39 is 38.4 Å². The fourth-order valence-corrected chi connectivity index (χ4v) is 4.47. The first-order chi connectivity index (χ1) is 9.78. The fourth-order valence-electron chi connectivity index (χ4n) is 2.68. The monoisotopic (exact) mass is 322 g/mol.